The smallest absolute Gasteiger partial charge is 0.293 e. The second-order valence-corrected chi connectivity index (χ2v) is 6.74. The highest BCUT2D eigenvalue weighted by molar-refractivity contribution is 6.30. The second-order valence-electron chi connectivity index (χ2n) is 6.31. The highest BCUT2D eigenvalue weighted by Crippen LogP contribution is 2.15. The van der Waals surface area contributed by atoms with Crippen molar-refractivity contribution in [2.75, 3.05) is 14.1 Å². The first kappa shape index (κ1) is 19.6. The summed E-state index contributed by atoms with van der Waals surface area (Å²) in [4.78, 5) is 30.2. The summed E-state index contributed by atoms with van der Waals surface area (Å²) in [6, 6.07) is 14.2. The predicted molar refractivity (Wildman–Crippen MR) is 107 cm³/mol. The molecule has 7 nitrogen and oxygen atoms in total. The van der Waals surface area contributed by atoms with Crippen molar-refractivity contribution >= 4 is 23.4 Å². The molecule has 8 heteroatoms. The molecule has 3 aromatic rings. The maximum Gasteiger partial charge on any atom is 0.293 e. The molecule has 3 rings (SSSR count). The molecule has 0 saturated heterocycles. The number of benzene rings is 2. The van der Waals surface area contributed by atoms with Crippen LogP contribution in [0.3, 0.4) is 0 Å². The number of halogens is 1. The first-order valence-corrected chi connectivity index (χ1v) is 9.03. The molecule has 0 aliphatic carbocycles. The van der Waals surface area contributed by atoms with E-state index in [2.05, 4.69) is 15.4 Å². The van der Waals surface area contributed by atoms with Gasteiger partial charge in [-0.15, -0.1) is 5.10 Å². The summed E-state index contributed by atoms with van der Waals surface area (Å²) in [6.07, 6.45) is 0. The highest BCUT2D eigenvalue weighted by Gasteiger charge is 2.19. The van der Waals surface area contributed by atoms with Crippen LogP contribution in [-0.2, 0) is 6.54 Å². The van der Waals surface area contributed by atoms with Crippen LogP contribution < -0.4 is 5.32 Å². The van der Waals surface area contributed by atoms with Crippen LogP contribution >= 0.6 is 11.6 Å². The van der Waals surface area contributed by atoms with Crippen LogP contribution in [0.2, 0.25) is 5.02 Å². The third kappa shape index (κ3) is 4.20. The van der Waals surface area contributed by atoms with Crippen molar-refractivity contribution in [1.82, 2.24) is 25.0 Å². The monoisotopic (exact) mass is 397 g/mol. The summed E-state index contributed by atoms with van der Waals surface area (Å²) >= 11 is 5.92. The second kappa shape index (κ2) is 8.22. The zero-order valence-corrected chi connectivity index (χ0v) is 16.6. The Labute approximate surface area is 167 Å². The molecule has 0 aliphatic heterocycles. The number of rotatable bonds is 5. The van der Waals surface area contributed by atoms with E-state index >= 15 is 0 Å². The van der Waals surface area contributed by atoms with Gasteiger partial charge in [0.05, 0.1) is 5.69 Å². The molecule has 0 fully saturated rings. The van der Waals surface area contributed by atoms with Crippen molar-refractivity contribution in [3.63, 3.8) is 0 Å². The average Bonchev–Trinajstić information content (AvgIpc) is 3.09. The quantitative estimate of drug-likeness (QED) is 0.717. The fraction of sp³-hybridized carbons (Fsp3) is 0.200. The average molecular weight is 398 g/mol. The number of nitrogens with one attached hydrogen (secondary N) is 1. The summed E-state index contributed by atoms with van der Waals surface area (Å²) in [5.74, 6) is 0.292. The van der Waals surface area contributed by atoms with Crippen LogP contribution in [0.4, 0.5) is 0 Å². The molecule has 0 radical (unpaired) electrons. The molecule has 0 spiro atoms. The molecule has 144 valence electrons. The molecule has 0 saturated carbocycles. The van der Waals surface area contributed by atoms with E-state index < -0.39 is 0 Å². The van der Waals surface area contributed by atoms with E-state index in [1.54, 1.807) is 50.0 Å². The van der Waals surface area contributed by atoms with Crippen molar-refractivity contribution in [3.05, 3.63) is 76.3 Å². The van der Waals surface area contributed by atoms with Gasteiger partial charge in [-0.25, -0.2) is 9.67 Å². The number of amides is 2. The summed E-state index contributed by atoms with van der Waals surface area (Å²) in [6.45, 7) is 2.16. The van der Waals surface area contributed by atoms with E-state index in [-0.39, 0.29) is 17.6 Å². The molecule has 28 heavy (non-hydrogen) atoms. The molecule has 2 aromatic carbocycles. The van der Waals surface area contributed by atoms with Gasteiger partial charge in [-0.2, -0.15) is 0 Å². The lowest BCUT2D eigenvalue weighted by atomic mass is 10.1. The number of aromatic nitrogens is 3. The normalized spacial score (nSPS) is 10.6. The van der Waals surface area contributed by atoms with Gasteiger partial charge in [-0.05, 0) is 48.9 Å². The Hall–Kier alpha value is -3.19. The lowest BCUT2D eigenvalue weighted by Crippen LogP contribution is -2.27. The van der Waals surface area contributed by atoms with Crippen LogP contribution in [0.15, 0.2) is 48.5 Å². The maximum absolute atomic E-state index is 12.7. The van der Waals surface area contributed by atoms with Gasteiger partial charge in [0.25, 0.3) is 11.8 Å². The number of aryl methyl sites for hydroxylation is 1. The molecule has 0 bridgehead atoms. The lowest BCUT2D eigenvalue weighted by molar-refractivity contribution is 0.0772. The third-order valence-corrected chi connectivity index (χ3v) is 4.49. The summed E-state index contributed by atoms with van der Waals surface area (Å²) in [5, 5.41) is 7.54. The van der Waals surface area contributed by atoms with Crippen molar-refractivity contribution in [3.8, 4) is 5.69 Å². The van der Waals surface area contributed by atoms with E-state index in [4.69, 9.17) is 11.6 Å². The Balaban J connectivity index is 1.74. The Kier molecular flexibility index (Phi) is 5.75. The Morgan fingerprint density at radius 1 is 1.11 bits per heavy atom. The number of carbonyl (C=O) groups is 2. The topological polar surface area (TPSA) is 80.1 Å². The van der Waals surface area contributed by atoms with Crippen LogP contribution in [0.5, 0.6) is 0 Å². The number of nitrogens with zero attached hydrogens (tertiary/aromatic N) is 4. The molecule has 0 aliphatic rings. The van der Waals surface area contributed by atoms with Gasteiger partial charge in [-0.3, -0.25) is 9.59 Å². The van der Waals surface area contributed by atoms with Crippen LogP contribution in [0.1, 0.15) is 32.4 Å². The molecular weight excluding hydrogens is 378 g/mol. The van der Waals surface area contributed by atoms with E-state index in [1.807, 2.05) is 24.3 Å². The van der Waals surface area contributed by atoms with Crippen molar-refractivity contribution in [2.45, 2.75) is 13.5 Å². The molecule has 0 atom stereocenters. The van der Waals surface area contributed by atoms with Crippen LogP contribution in [0, 0.1) is 6.92 Å². The first-order chi connectivity index (χ1) is 13.4. The van der Waals surface area contributed by atoms with Gasteiger partial charge in [-0.1, -0.05) is 23.7 Å². The molecule has 1 heterocycles. The highest BCUT2D eigenvalue weighted by atomic mass is 35.5. The standard InChI is InChI=1S/C20H20ClN5O2/c1-13-23-18(24-26(13)17-10-8-16(21)9-11-17)20(28)25(3)12-14-4-6-15(7-5-14)19(27)22-2/h4-11H,12H2,1-3H3,(H,22,27). The van der Waals surface area contributed by atoms with Crippen molar-refractivity contribution < 1.29 is 9.59 Å². The lowest BCUT2D eigenvalue weighted by Gasteiger charge is -2.15. The van der Waals surface area contributed by atoms with Gasteiger partial charge in [0.1, 0.15) is 5.82 Å². The van der Waals surface area contributed by atoms with Crippen LogP contribution in [-0.4, -0.2) is 45.6 Å². The van der Waals surface area contributed by atoms with Gasteiger partial charge in [0.2, 0.25) is 5.82 Å². The van der Waals surface area contributed by atoms with E-state index in [0.29, 0.717) is 23.0 Å². The van der Waals surface area contributed by atoms with Gasteiger partial charge < -0.3 is 10.2 Å². The number of hydrogen-bond acceptors (Lipinski definition) is 4. The Bertz CT molecular complexity index is 996. The zero-order valence-electron chi connectivity index (χ0n) is 15.8. The van der Waals surface area contributed by atoms with E-state index in [9.17, 15) is 9.59 Å². The fourth-order valence-electron chi connectivity index (χ4n) is 2.73. The van der Waals surface area contributed by atoms with E-state index in [0.717, 1.165) is 11.3 Å². The molecule has 2 amide bonds. The largest absolute Gasteiger partial charge is 0.355 e. The number of hydrogen-bond donors (Lipinski definition) is 1. The first-order valence-electron chi connectivity index (χ1n) is 8.65. The van der Waals surface area contributed by atoms with Crippen LogP contribution in [0.25, 0.3) is 5.69 Å². The predicted octanol–water partition coefficient (Wildman–Crippen LogP) is 2.86. The summed E-state index contributed by atoms with van der Waals surface area (Å²) in [7, 11) is 3.27. The Morgan fingerprint density at radius 2 is 1.75 bits per heavy atom. The SMILES string of the molecule is CNC(=O)c1ccc(CN(C)C(=O)c2nc(C)n(-c3ccc(Cl)cc3)n2)cc1. The van der Waals surface area contributed by atoms with E-state index in [1.165, 1.54) is 4.90 Å². The molecule has 1 aromatic heterocycles. The minimum atomic E-state index is -0.286. The maximum atomic E-state index is 12.7. The summed E-state index contributed by atoms with van der Waals surface area (Å²) in [5.41, 5.74) is 2.25. The van der Waals surface area contributed by atoms with Gasteiger partial charge in [0, 0.05) is 31.2 Å². The third-order valence-electron chi connectivity index (χ3n) is 4.24. The van der Waals surface area contributed by atoms with Gasteiger partial charge in [0.15, 0.2) is 0 Å². The Morgan fingerprint density at radius 3 is 2.36 bits per heavy atom. The van der Waals surface area contributed by atoms with Gasteiger partial charge >= 0.3 is 0 Å². The minimum absolute atomic E-state index is 0.122. The number of carbonyl (C=O) groups excluding carboxylic acids is 2. The molecule has 1 N–H and O–H groups in total. The fourth-order valence-corrected chi connectivity index (χ4v) is 2.86. The molecule has 0 unspecified atom stereocenters. The van der Waals surface area contributed by atoms with Crippen molar-refractivity contribution in [2.24, 2.45) is 0 Å². The molecular formula is C20H20ClN5O2. The summed E-state index contributed by atoms with van der Waals surface area (Å²) < 4.78 is 1.61. The zero-order chi connectivity index (χ0) is 20.3. The van der Waals surface area contributed by atoms with Crippen molar-refractivity contribution in [1.29, 1.82) is 0 Å². The minimum Gasteiger partial charge on any atom is -0.355 e.